The zero-order chi connectivity index (χ0) is 11.4. The van der Waals surface area contributed by atoms with E-state index in [9.17, 15) is 0 Å². The molecule has 0 fully saturated rings. The zero-order valence-electron chi connectivity index (χ0n) is 9.15. The van der Waals surface area contributed by atoms with Crippen molar-refractivity contribution in [1.82, 2.24) is 9.97 Å². The van der Waals surface area contributed by atoms with Crippen molar-refractivity contribution in [2.45, 2.75) is 19.4 Å². The standard InChI is InChI=1S/C12H14ClN3/c1-9(6-7-13)16-12-10-4-2-3-5-11(10)14-8-15-12/h2-5,8-9H,6-7H2,1H3,(H,14,15,16). The van der Waals surface area contributed by atoms with Crippen LogP contribution in [0.4, 0.5) is 5.82 Å². The summed E-state index contributed by atoms with van der Waals surface area (Å²) in [6, 6.07) is 8.28. The third-order valence-electron chi connectivity index (χ3n) is 2.47. The molecule has 1 atom stereocenters. The molecule has 16 heavy (non-hydrogen) atoms. The Morgan fingerprint density at radius 2 is 2.12 bits per heavy atom. The van der Waals surface area contributed by atoms with Gasteiger partial charge in [0.2, 0.25) is 0 Å². The summed E-state index contributed by atoms with van der Waals surface area (Å²) in [5.74, 6) is 1.53. The molecular formula is C12H14ClN3. The van der Waals surface area contributed by atoms with E-state index in [0.717, 1.165) is 23.1 Å². The molecule has 3 nitrogen and oxygen atoms in total. The lowest BCUT2D eigenvalue weighted by molar-refractivity contribution is 0.765. The van der Waals surface area contributed by atoms with Gasteiger partial charge in [0.05, 0.1) is 5.52 Å². The fourth-order valence-electron chi connectivity index (χ4n) is 1.59. The highest BCUT2D eigenvalue weighted by atomic mass is 35.5. The number of nitrogens with zero attached hydrogens (tertiary/aromatic N) is 2. The summed E-state index contributed by atoms with van der Waals surface area (Å²) in [4.78, 5) is 8.48. The molecule has 1 aromatic heterocycles. The molecule has 0 bridgehead atoms. The highest BCUT2D eigenvalue weighted by Crippen LogP contribution is 2.19. The maximum absolute atomic E-state index is 5.71. The number of hydrogen-bond acceptors (Lipinski definition) is 3. The lowest BCUT2D eigenvalue weighted by atomic mass is 10.2. The van der Waals surface area contributed by atoms with Crippen LogP contribution in [0.25, 0.3) is 10.9 Å². The van der Waals surface area contributed by atoms with Crippen LogP contribution in [0.5, 0.6) is 0 Å². The molecule has 84 valence electrons. The Kier molecular flexibility index (Phi) is 3.57. The summed E-state index contributed by atoms with van der Waals surface area (Å²) in [5, 5.41) is 4.40. The first-order valence-corrected chi connectivity index (χ1v) is 5.87. The normalized spacial score (nSPS) is 12.6. The minimum absolute atomic E-state index is 0.316. The predicted molar refractivity (Wildman–Crippen MR) is 68.0 cm³/mol. The van der Waals surface area contributed by atoms with E-state index in [-0.39, 0.29) is 0 Å². The number of fused-ring (bicyclic) bond motifs is 1. The monoisotopic (exact) mass is 235 g/mol. The summed E-state index contributed by atoms with van der Waals surface area (Å²) in [6.07, 6.45) is 2.50. The van der Waals surface area contributed by atoms with Crippen LogP contribution in [0, 0.1) is 0 Å². The molecule has 0 aliphatic carbocycles. The van der Waals surface area contributed by atoms with Crippen LogP contribution in [0.1, 0.15) is 13.3 Å². The van der Waals surface area contributed by atoms with E-state index < -0.39 is 0 Å². The predicted octanol–water partition coefficient (Wildman–Crippen LogP) is 3.06. The second-order valence-corrected chi connectivity index (χ2v) is 4.14. The molecule has 2 rings (SSSR count). The van der Waals surface area contributed by atoms with Gasteiger partial charge >= 0.3 is 0 Å². The molecule has 4 heteroatoms. The summed E-state index contributed by atoms with van der Waals surface area (Å²) in [7, 11) is 0. The summed E-state index contributed by atoms with van der Waals surface area (Å²) in [6.45, 7) is 2.10. The van der Waals surface area contributed by atoms with Crippen molar-refractivity contribution in [3.8, 4) is 0 Å². The number of aromatic nitrogens is 2. The number of para-hydroxylation sites is 1. The fourth-order valence-corrected chi connectivity index (χ4v) is 1.92. The van der Waals surface area contributed by atoms with Gasteiger partial charge in [-0.1, -0.05) is 12.1 Å². The van der Waals surface area contributed by atoms with Crippen LogP contribution in [-0.4, -0.2) is 21.9 Å². The van der Waals surface area contributed by atoms with Gasteiger partial charge in [-0.2, -0.15) is 0 Å². The van der Waals surface area contributed by atoms with Crippen LogP contribution in [0.15, 0.2) is 30.6 Å². The number of anilines is 1. The van der Waals surface area contributed by atoms with E-state index >= 15 is 0 Å². The Hall–Kier alpha value is -1.35. The fraction of sp³-hybridized carbons (Fsp3) is 0.333. The van der Waals surface area contributed by atoms with Crippen LogP contribution < -0.4 is 5.32 Å². The zero-order valence-corrected chi connectivity index (χ0v) is 9.91. The number of hydrogen-bond donors (Lipinski definition) is 1. The van der Waals surface area contributed by atoms with Crippen LogP contribution >= 0.6 is 11.6 Å². The van der Waals surface area contributed by atoms with Crippen molar-refractivity contribution >= 4 is 28.3 Å². The highest BCUT2D eigenvalue weighted by Gasteiger charge is 2.06. The molecule has 1 aromatic carbocycles. The molecule has 1 unspecified atom stereocenters. The Balaban J connectivity index is 2.30. The lowest BCUT2D eigenvalue weighted by Crippen LogP contribution is -2.16. The number of alkyl halides is 1. The van der Waals surface area contributed by atoms with Crippen LogP contribution in [0.2, 0.25) is 0 Å². The average molecular weight is 236 g/mol. The van der Waals surface area contributed by atoms with Gasteiger partial charge in [-0.05, 0) is 25.5 Å². The first kappa shape index (κ1) is 11.1. The molecule has 0 spiro atoms. The van der Waals surface area contributed by atoms with E-state index in [1.54, 1.807) is 6.33 Å². The summed E-state index contributed by atoms with van der Waals surface area (Å²) in [5.41, 5.74) is 0.957. The molecule has 0 amide bonds. The van der Waals surface area contributed by atoms with Crippen molar-refractivity contribution in [2.24, 2.45) is 0 Å². The second kappa shape index (κ2) is 5.12. The molecule has 0 aliphatic heterocycles. The minimum Gasteiger partial charge on any atom is -0.367 e. The Bertz CT molecular complexity index is 467. The first-order chi connectivity index (χ1) is 7.81. The van der Waals surface area contributed by atoms with Gasteiger partial charge in [-0.3, -0.25) is 0 Å². The van der Waals surface area contributed by atoms with E-state index in [1.165, 1.54) is 0 Å². The van der Waals surface area contributed by atoms with Gasteiger partial charge in [0.1, 0.15) is 12.1 Å². The van der Waals surface area contributed by atoms with Crippen molar-refractivity contribution < 1.29 is 0 Å². The third-order valence-corrected chi connectivity index (χ3v) is 2.69. The summed E-state index contributed by atoms with van der Waals surface area (Å²) >= 11 is 5.71. The number of rotatable bonds is 4. The number of nitrogens with one attached hydrogen (secondary N) is 1. The second-order valence-electron chi connectivity index (χ2n) is 3.76. The topological polar surface area (TPSA) is 37.8 Å². The molecule has 0 radical (unpaired) electrons. The van der Waals surface area contributed by atoms with Crippen LogP contribution in [-0.2, 0) is 0 Å². The van der Waals surface area contributed by atoms with Gasteiger partial charge < -0.3 is 5.32 Å². The highest BCUT2D eigenvalue weighted by molar-refractivity contribution is 6.17. The molecule has 0 saturated heterocycles. The van der Waals surface area contributed by atoms with Gasteiger partial charge in [-0.15, -0.1) is 11.6 Å². The average Bonchev–Trinajstić information content (AvgIpc) is 2.30. The van der Waals surface area contributed by atoms with Crippen LogP contribution in [0.3, 0.4) is 0 Å². The van der Waals surface area contributed by atoms with Crippen molar-refractivity contribution in [3.05, 3.63) is 30.6 Å². The van der Waals surface area contributed by atoms with E-state index in [2.05, 4.69) is 22.2 Å². The lowest BCUT2D eigenvalue weighted by Gasteiger charge is -2.14. The Morgan fingerprint density at radius 1 is 1.31 bits per heavy atom. The smallest absolute Gasteiger partial charge is 0.137 e. The minimum atomic E-state index is 0.316. The maximum Gasteiger partial charge on any atom is 0.137 e. The van der Waals surface area contributed by atoms with Crippen molar-refractivity contribution in [3.63, 3.8) is 0 Å². The van der Waals surface area contributed by atoms with Crippen molar-refractivity contribution in [1.29, 1.82) is 0 Å². The quantitative estimate of drug-likeness (QED) is 0.828. The van der Waals surface area contributed by atoms with Gasteiger partial charge in [0, 0.05) is 17.3 Å². The van der Waals surface area contributed by atoms with E-state index in [0.29, 0.717) is 11.9 Å². The largest absolute Gasteiger partial charge is 0.367 e. The van der Waals surface area contributed by atoms with E-state index in [4.69, 9.17) is 11.6 Å². The number of benzene rings is 1. The molecular weight excluding hydrogens is 222 g/mol. The third kappa shape index (κ3) is 2.42. The first-order valence-electron chi connectivity index (χ1n) is 5.33. The maximum atomic E-state index is 5.71. The molecule has 0 aliphatic rings. The molecule has 0 saturated carbocycles. The Morgan fingerprint density at radius 3 is 2.94 bits per heavy atom. The number of halogens is 1. The van der Waals surface area contributed by atoms with E-state index in [1.807, 2.05) is 24.3 Å². The van der Waals surface area contributed by atoms with Crippen molar-refractivity contribution in [2.75, 3.05) is 11.2 Å². The Labute approximate surface area is 99.9 Å². The van der Waals surface area contributed by atoms with Gasteiger partial charge in [0.15, 0.2) is 0 Å². The SMILES string of the molecule is CC(CCCl)Nc1ncnc2ccccc12. The molecule has 1 heterocycles. The summed E-state index contributed by atoms with van der Waals surface area (Å²) < 4.78 is 0. The molecule has 1 N–H and O–H groups in total. The molecule has 2 aromatic rings. The van der Waals surface area contributed by atoms with Gasteiger partial charge in [0.25, 0.3) is 0 Å². The van der Waals surface area contributed by atoms with Gasteiger partial charge in [-0.25, -0.2) is 9.97 Å².